The summed E-state index contributed by atoms with van der Waals surface area (Å²) in [6.45, 7) is 2.01. The lowest BCUT2D eigenvalue weighted by atomic mass is 9.86. The fraction of sp³-hybridized carbons (Fsp3) is 0.467. The molecule has 0 aromatic heterocycles. The number of hydrogen-bond acceptors (Lipinski definition) is 2. The number of aryl methyl sites for hydroxylation is 1. The maximum atomic E-state index is 12.5. The molecular formula is C15H18N2O. The van der Waals surface area contributed by atoms with E-state index in [-0.39, 0.29) is 5.91 Å². The van der Waals surface area contributed by atoms with Crippen LogP contribution in [0.5, 0.6) is 0 Å². The lowest BCUT2D eigenvalue weighted by Crippen LogP contribution is -2.39. The number of carbonyl (C=O) groups excluding carboxylic acids is 1. The third-order valence-corrected chi connectivity index (χ3v) is 3.81. The van der Waals surface area contributed by atoms with Crippen LogP contribution in [0, 0.1) is 23.7 Å². The van der Waals surface area contributed by atoms with E-state index in [1.54, 1.807) is 11.9 Å². The van der Waals surface area contributed by atoms with Crippen LogP contribution < -0.4 is 4.90 Å². The predicted octanol–water partition coefficient (Wildman–Crippen LogP) is 3.04. The largest absolute Gasteiger partial charge is 0.314 e. The standard InChI is InChI=1S/C15H18N2O/c1-12-5-7-13(8-6-12)17(2)14(18)15(11-16)9-3-4-10-15/h5-8H,3-4,9-10H2,1-2H3. The first-order chi connectivity index (χ1) is 8.59. The van der Waals surface area contributed by atoms with Crippen LogP contribution >= 0.6 is 0 Å². The van der Waals surface area contributed by atoms with Crippen LogP contribution in [0.25, 0.3) is 0 Å². The van der Waals surface area contributed by atoms with Gasteiger partial charge in [-0.05, 0) is 31.9 Å². The first-order valence-corrected chi connectivity index (χ1v) is 6.35. The Morgan fingerprint density at radius 2 is 1.83 bits per heavy atom. The number of rotatable bonds is 2. The fourth-order valence-corrected chi connectivity index (χ4v) is 2.56. The van der Waals surface area contributed by atoms with Crippen molar-refractivity contribution in [2.45, 2.75) is 32.6 Å². The van der Waals surface area contributed by atoms with Crippen molar-refractivity contribution in [2.75, 3.05) is 11.9 Å². The molecule has 18 heavy (non-hydrogen) atoms. The fourth-order valence-electron chi connectivity index (χ4n) is 2.56. The highest BCUT2D eigenvalue weighted by molar-refractivity contribution is 5.99. The SMILES string of the molecule is Cc1ccc(N(C)C(=O)C2(C#N)CCCC2)cc1. The Morgan fingerprint density at radius 3 is 2.33 bits per heavy atom. The molecule has 0 spiro atoms. The van der Waals surface area contributed by atoms with Crippen LogP contribution in [0.15, 0.2) is 24.3 Å². The summed E-state index contributed by atoms with van der Waals surface area (Å²) in [4.78, 5) is 14.1. The highest BCUT2D eigenvalue weighted by atomic mass is 16.2. The average molecular weight is 242 g/mol. The monoisotopic (exact) mass is 242 g/mol. The molecule has 3 heteroatoms. The molecule has 94 valence electrons. The number of amides is 1. The number of carbonyl (C=O) groups is 1. The van der Waals surface area contributed by atoms with Gasteiger partial charge in [0.15, 0.2) is 0 Å². The second kappa shape index (κ2) is 4.81. The van der Waals surface area contributed by atoms with Gasteiger partial charge in [0.05, 0.1) is 6.07 Å². The summed E-state index contributed by atoms with van der Waals surface area (Å²) in [6, 6.07) is 10.1. The molecule has 1 aliphatic carbocycles. The first-order valence-electron chi connectivity index (χ1n) is 6.35. The lowest BCUT2D eigenvalue weighted by molar-refractivity contribution is -0.124. The Hall–Kier alpha value is -1.82. The molecule has 3 nitrogen and oxygen atoms in total. The molecule has 1 aromatic rings. The van der Waals surface area contributed by atoms with Crippen LogP contribution in [-0.2, 0) is 4.79 Å². The normalized spacial score (nSPS) is 17.2. The number of nitriles is 1. The van der Waals surface area contributed by atoms with E-state index in [1.165, 1.54) is 0 Å². The zero-order valence-electron chi connectivity index (χ0n) is 10.9. The highest BCUT2D eigenvalue weighted by Crippen LogP contribution is 2.39. The van der Waals surface area contributed by atoms with Crippen molar-refractivity contribution in [3.05, 3.63) is 29.8 Å². The molecule has 0 aliphatic heterocycles. The summed E-state index contributed by atoms with van der Waals surface area (Å²) in [7, 11) is 1.75. The van der Waals surface area contributed by atoms with E-state index >= 15 is 0 Å². The van der Waals surface area contributed by atoms with E-state index in [4.69, 9.17) is 0 Å². The topological polar surface area (TPSA) is 44.1 Å². The second-order valence-electron chi connectivity index (χ2n) is 5.10. The molecule has 0 atom stereocenters. The Bertz CT molecular complexity index is 478. The number of benzene rings is 1. The summed E-state index contributed by atoms with van der Waals surface area (Å²) in [6.07, 6.45) is 3.33. The summed E-state index contributed by atoms with van der Waals surface area (Å²) in [5.41, 5.74) is 1.22. The van der Waals surface area contributed by atoms with Gasteiger partial charge in [0.1, 0.15) is 5.41 Å². The summed E-state index contributed by atoms with van der Waals surface area (Å²) in [5.74, 6) is -0.0636. The molecule has 0 radical (unpaired) electrons. The Morgan fingerprint density at radius 1 is 1.28 bits per heavy atom. The molecule has 1 fully saturated rings. The van der Waals surface area contributed by atoms with Crippen LogP contribution in [0.2, 0.25) is 0 Å². The van der Waals surface area contributed by atoms with E-state index in [0.717, 1.165) is 24.1 Å². The van der Waals surface area contributed by atoms with Crippen LogP contribution in [0.3, 0.4) is 0 Å². The number of hydrogen-bond donors (Lipinski definition) is 0. The van der Waals surface area contributed by atoms with Gasteiger partial charge in [-0.25, -0.2) is 0 Å². The van der Waals surface area contributed by atoms with Gasteiger partial charge in [-0.3, -0.25) is 4.79 Å². The van der Waals surface area contributed by atoms with Gasteiger partial charge in [0.2, 0.25) is 5.91 Å². The Labute approximate surface area is 108 Å². The predicted molar refractivity (Wildman–Crippen MR) is 71.1 cm³/mol. The zero-order chi connectivity index (χ0) is 13.2. The zero-order valence-corrected chi connectivity index (χ0v) is 10.9. The number of anilines is 1. The smallest absolute Gasteiger partial charge is 0.247 e. The summed E-state index contributed by atoms with van der Waals surface area (Å²) in [5, 5.41) is 9.33. The molecule has 1 saturated carbocycles. The minimum atomic E-state index is -0.792. The van der Waals surface area contributed by atoms with E-state index in [0.29, 0.717) is 12.8 Å². The minimum Gasteiger partial charge on any atom is -0.314 e. The molecular weight excluding hydrogens is 224 g/mol. The molecule has 1 aromatic carbocycles. The quantitative estimate of drug-likeness (QED) is 0.800. The van der Waals surface area contributed by atoms with Crippen molar-refractivity contribution in [1.82, 2.24) is 0 Å². The van der Waals surface area contributed by atoms with Gasteiger partial charge >= 0.3 is 0 Å². The van der Waals surface area contributed by atoms with Gasteiger partial charge < -0.3 is 4.90 Å². The van der Waals surface area contributed by atoms with Gasteiger partial charge in [-0.1, -0.05) is 30.5 Å². The molecule has 0 unspecified atom stereocenters. The van der Waals surface area contributed by atoms with Crippen LogP contribution in [0.4, 0.5) is 5.69 Å². The average Bonchev–Trinajstić information content (AvgIpc) is 2.88. The lowest BCUT2D eigenvalue weighted by Gasteiger charge is -2.26. The first kappa shape index (κ1) is 12.6. The molecule has 1 amide bonds. The Balaban J connectivity index is 2.23. The Kier molecular flexibility index (Phi) is 3.38. The third-order valence-electron chi connectivity index (χ3n) is 3.81. The summed E-state index contributed by atoms with van der Waals surface area (Å²) < 4.78 is 0. The highest BCUT2D eigenvalue weighted by Gasteiger charge is 2.43. The van der Waals surface area contributed by atoms with Gasteiger partial charge in [0.25, 0.3) is 0 Å². The van der Waals surface area contributed by atoms with Crippen molar-refractivity contribution in [3.8, 4) is 6.07 Å². The van der Waals surface area contributed by atoms with E-state index in [1.807, 2.05) is 31.2 Å². The van der Waals surface area contributed by atoms with Crippen LogP contribution in [-0.4, -0.2) is 13.0 Å². The van der Waals surface area contributed by atoms with Gasteiger partial charge in [-0.2, -0.15) is 5.26 Å². The van der Waals surface area contributed by atoms with Crippen molar-refractivity contribution < 1.29 is 4.79 Å². The molecule has 2 rings (SSSR count). The maximum absolute atomic E-state index is 12.5. The van der Waals surface area contributed by atoms with Crippen molar-refractivity contribution in [3.63, 3.8) is 0 Å². The molecule has 0 heterocycles. The molecule has 1 aliphatic rings. The van der Waals surface area contributed by atoms with Crippen molar-refractivity contribution >= 4 is 11.6 Å². The van der Waals surface area contributed by atoms with Crippen molar-refractivity contribution in [1.29, 1.82) is 5.26 Å². The molecule has 0 bridgehead atoms. The van der Waals surface area contributed by atoms with E-state index in [2.05, 4.69) is 6.07 Å². The van der Waals surface area contributed by atoms with E-state index in [9.17, 15) is 10.1 Å². The maximum Gasteiger partial charge on any atom is 0.247 e. The van der Waals surface area contributed by atoms with E-state index < -0.39 is 5.41 Å². The molecule has 0 N–H and O–H groups in total. The molecule has 0 saturated heterocycles. The van der Waals surface area contributed by atoms with Crippen LogP contribution in [0.1, 0.15) is 31.2 Å². The number of nitrogens with zero attached hydrogens (tertiary/aromatic N) is 2. The van der Waals surface area contributed by atoms with Crippen molar-refractivity contribution in [2.24, 2.45) is 5.41 Å². The second-order valence-corrected chi connectivity index (χ2v) is 5.10. The summed E-state index contributed by atoms with van der Waals surface area (Å²) >= 11 is 0. The van der Waals surface area contributed by atoms with Gasteiger partial charge in [-0.15, -0.1) is 0 Å². The third kappa shape index (κ3) is 2.11. The van der Waals surface area contributed by atoms with Gasteiger partial charge in [0, 0.05) is 12.7 Å². The minimum absolute atomic E-state index is 0.0636.